The normalized spacial score (nSPS) is 17.7. The lowest BCUT2D eigenvalue weighted by Gasteiger charge is -2.13. The van der Waals surface area contributed by atoms with Gasteiger partial charge in [0.2, 0.25) is 5.91 Å². The Labute approximate surface area is 129 Å². The fraction of sp³-hybridized carbons (Fsp3) is 0.562. The highest BCUT2D eigenvalue weighted by Gasteiger charge is 2.16. The van der Waals surface area contributed by atoms with Gasteiger partial charge in [0.25, 0.3) is 0 Å². The molecule has 1 heterocycles. The van der Waals surface area contributed by atoms with Gasteiger partial charge >= 0.3 is 6.61 Å². The highest BCUT2D eigenvalue weighted by molar-refractivity contribution is 5.75. The summed E-state index contributed by atoms with van der Waals surface area (Å²) in [5.41, 5.74) is 1.50. The molecule has 4 nitrogen and oxygen atoms in total. The van der Waals surface area contributed by atoms with E-state index < -0.39 is 6.61 Å². The minimum atomic E-state index is -2.87. The van der Waals surface area contributed by atoms with Crippen molar-refractivity contribution in [2.75, 3.05) is 13.1 Å². The first-order valence-electron chi connectivity index (χ1n) is 7.56. The molecule has 22 heavy (non-hydrogen) atoms. The zero-order valence-corrected chi connectivity index (χ0v) is 12.7. The number of benzene rings is 1. The zero-order valence-electron chi connectivity index (χ0n) is 12.7. The zero-order chi connectivity index (χ0) is 15.9. The third-order valence-corrected chi connectivity index (χ3v) is 3.85. The summed E-state index contributed by atoms with van der Waals surface area (Å²) in [6, 6.07) is 4.96. The quantitative estimate of drug-likeness (QED) is 0.814. The predicted molar refractivity (Wildman–Crippen MR) is 79.9 cm³/mol. The third kappa shape index (κ3) is 5.26. The van der Waals surface area contributed by atoms with Crippen molar-refractivity contribution in [3.8, 4) is 5.75 Å². The molecule has 2 N–H and O–H groups in total. The average molecular weight is 312 g/mol. The SMILES string of the molecule is Cc1ccc(OC(F)F)c(CNC(=O)CCC2CCNC2)c1. The Kier molecular flexibility index (Phi) is 6.12. The predicted octanol–water partition coefficient (Wildman–Crippen LogP) is 2.60. The Morgan fingerprint density at radius 2 is 2.32 bits per heavy atom. The van der Waals surface area contributed by atoms with Crippen LogP contribution in [0.15, 0.2) is 18.2 Å². The molecule has 0 radical (unpaired) electrons. The highest BCUT2D eigenvalue weighted by Crippen LogP contribution is 2.22. The van der Waals surface area contributed by atoms with Gasteiger partial charge in [-0.15, -0.1) is 0 Å². The molecular weight excluding hydrogens is 290 g/mol. The number of carbonyl (C=O) groups is 1. The van der Waals surface area contributed by atoms with Gasteiger partial charge in [-0.25, -0.2) is 0 Å². The topological polar surface area (TPSA) is 50.4 Å². The maximum atomic E-state index is 12.4. The number of aryl methyl sites for hydroxylation is 1. The van der Waals surface area contributed by atoms with Crippen LogP contribution in [0.1, 0.15) is 30.4 Å². The van der Waals surface area contributed by atoms with Gasteiger partial charge < -0.3 is 15.4 Å². The summed E-state index contributed by atoms with van der Waals surface area (Å²) < 4.78 is 29.2. The molecular formula is C16H22F2N2O2. The van der Waals surface area contributed by atoms with Crippen molar-refractivity contribution in [2.45, 2.75) is 39.3 Å². The van der Waals surface area contributed by atoms with E-state index in [1.807, 2.05) is 6.92 Å². The second kappa shape index (κ2) is 8.08. The lowest BCUT2D eigenvalue weighted by Crippen LogP contribution is -2.24. The van der Waals surface area contributed by atoms with Crippen molar-refractivity contribution in [3.05, 3.63) is 29.3 Å². The summed E-state index contributed by atoms with van der Waals surface area (Å²) in [6.45, 7) is 1.18. The van der Waals surface area contributed by atoms with Gasteiger partial charge in [-0.1, -0.05) is 17.7 Å². The lowest BCUT2D eigenvalue weighted by molar-refractivity contribution is -0.121. The second-order valence-corrected chi connectivity index (χ2v) is 5.66. The summed E-state index contributed by atoms with van der Waals surface area (Å²) in [6.07, 6.45) is 2.42. The molecule has 122 valence electrons. The number of rotatable bonds is 7. The van der Waals surface area contributed by atoms with Crippen LogP contribution in [0, 0.1) is 12.8 Å². The van der Waals surface area contributed by atoms with Gasteiger partial charge in [0.15, 0.2) is 0 Å². The van der Waals surface area contributed by atoms with Crippen LogP contribution in [0.2, 0.25) is 0 Å². The number of hydrogen-bond donors (Lipinski definition) is 2. The van der Waals surface area contributed by atoms with Crippen molar-refractivity contribution >= 4 is 5.91 Å². The van der Waals surface area contributed by atoms with E-state index >= 15 is 0 Å². The van der Waals surface area contributed by atoms with Crippen molar-refractivity contribution in [1.82, 2.24) is 10.6 Å². The number of amides is 1. The molecule has 0 spiro atoms. The van der Waals surface area contributed by atoms with Crippen LogP contribution in [0.4, 0.5) is 8.78 Å². The molecule has 2 rings (SSSR count). The van der Waals surface area contributed by atoms with E-state index in [0.29, 0.717) is 17.9 Å². The van der Waals surface area contributed by atoms with E-state index in [1.54, 1.807) is 12.1 Å². The summed E-state index contributed by atoms with van der Waals surface area (Å²) in [5, 5.41) is 6.05. The highest BCUT2D eigenvalue weighted by atomic mass is 19.3. The lowest BCUT2D eigenvalue weighted by atomic mass is 10.0. The maximum absolute atomic E-state index is 12.4. The van der Waals surface area contributed by atoms with E-state index in [4.69, 9.17) is 0 Å². The van der Waals surface area contributed by atoms with E-state index in [-0.39, 0.29) is 18.2 Å². The summed E-state index contributed by atoms with van der Waals surface area (Å²) in [5.74, 6) is 0.611. The number of nitrogens with one attached hydrogen (secondary N) is 2. The van der Waals surface area contributed by atoms with E-state index in [0.717, 1.165) is 31.5 Å². The molecule has 0 saturated carbocycles. The number of alkyl halides is 2. The summed E-state index contributed by atoms with van der Waals surface area (Å²) in [7, 11) is 0. The molecule has 1 amide bonds. The van der Waals surface area contributed by atoms with Gasteiger partial charge in [-0.2, -0.15) is 8.78 Å². The second-order valence-electron chi connectivity index (χ2n) is 5.66. The molecule has 6 heteroatoms. The van der Waals surface area contributed by atoms with Gasteiger partial charge in [-0.05, 0) is 44.8 Å². The monoisotopic (exact) mass is 312 g/mol. The largest absolute Gasteiger partial charge is 0.434 e. The van der Waals surface area contributed by atoms with Crippen molar-refractivity contribution in [1.29, 1.82) is 0 Å². The van der Waals surface area contributed by atoms with Crippen molar-refractivity contribution in [2.24, 2.45) is 5.92 Å². The average Bonchev–Trinajstić information content (AvgIpc) is 2.98. The first-order valence-corrected chi connectivity index (χ1v) is 7.56. The Hall–Kier alpha value is -1.69. The Morgan fingerprint density at radius 1 is 1.50 bits per heavy atom. The Morgan fingerprint density at radius 3 is 3.00 bits per heavy atom. The van der Waals surface area contributed by atoms with E-state index in [1.165, 1.54) is 6.07 Å². The van der Waals surface area contributed by atoms with Crippen LogP contribution in [0.5, 0.6) is 5.75 Å². The van der Waals surface area contributed by atoms with Gasteiger partial charge in [0.05, 0.1) is 0 Å². The number of carbonyl (C=O) groups excluding carboxylic acids is 1. The first kappa shape index (κ1) is 16.7. The van der Waals surface area contributed by atoms with E-state index in [2.05, 4.69) is 15.4 Å². The summed E-state index contributed by atoms with van der Waals surface area (Å²) in [4.78, 5) is 11.9. The molecule has 1 aromatic carbocycles. The van der Waals surface area contributed by atoms with Gasteiger partial charge in [0.1, 0.15) is 5.75 Å². The van der Waals surface area contributed by atoms with Gasteiger partial charge in [-0.3, -0.25) is 4.79 Å². The maximum Gasteiger partial charge on any atom is 0.387 e. The molecule has 0 bridgehead atoms. The molecule has 1 aliphatic heterocycles. The molecule has 0 aromatic heterocycles. The van der Waals surface area contributed by atoms with Crippen LogP contribution < -0.4 is 15.4 Å². The summed E-state index contributed by atoms with van der Waals surface area (Å²) >= 11 is 0. The van der Waals surface area contributed by atoms with Crippen molar-refractivity contribution < 1.29 is 18.3 Å². The number of hydrogen-bond acceptors (Lipinski definition) is 3. The molecule has 1 saturated heterocycles. The van der Waals surface area contributed by atoms with Crippen LogP contribution in [-0.2, 0) is 11.3 Å². The van der Waals surface area contributed by atoms with Crippen LogP contribution in [0.3, 0.4) is 0 Å². The Bertz CT molecular complexity index is 503. The van der Waals surface area contributed by atoms with E-state index in [9.17, 15) is 13.6 Å². The van der Waals surface area contributed by atoms with Crippen LogP contribution in [0.25, 0.3) is 0 Å². The van der Waals surface area contributed by atoms with Crippen LogP contribution in [-0.4, -0.2) is 25.6 Å². The minimum absolute atomic E-state index is 0.0589. The number of ether oxygens (including phenoxy) is 1. The third-order valence-electron chi connectivity index (χ3n) is 3.85. The number of halogens is 2. The van der Waals surface area contributed by atoms with Gasteiger partial charge in [0, 0.05) is 18.5 Å². The molecule has 0 aliphatic carbocycles. The van der Waals surface area contributed by atoms with Crippen LogP contribution >= 0.6 is 0 Å². The molecule has 1 fully saturated rings. The minimum Gasteiger partial charge on any atom is -0.434 e. The molecule has 1 unspecified atom stereocenters. The molecule has 1 aliphatic rings. The smallest absolute Gasteiger partial charge is 0.387 e. The first-order chi connectivity index (χ1) is 10.5. The molecule has 1 atom stereocenters. The van der Waals surface area contributed by atoms with Crippen molar-refractivity contribution in [3.63, 3.8) is 0 Å². The molecule has 1 aromatic rings. The fourth-order valence-corrected chi connectivity index (χ4v) is 2.64. The Balaban J connectivity index is 1.84. The fourth-order valence-electron chi connectivity index (χ4n) is 2.64. The standard InChI is InChI=1S/C16H22F2N2O2/c1-11-2-4-14(22-16(17)18)13(8-11)10-20-15(21)5-3-12-6-7-19-9-12/h2,4,8,12,16,19H,3,5-7,9-10H2,1H3,(H,20,21).